The normalized spacial score (nSPS) is 33.5. The van der Waals surface area contributed by atoms with E-state index in [-0.39, 0.29) is 24.0 Å². The number of carbonyl (C=O) groups excluding carboxylic acids is 3. The van der Waals surface area contributed by atoms with Gasteiger partial charge in [-0.25, -0.2) is 4.79 Å². The van der Waals surface area contributed by atoms with Gasteiger partial charge in [-0.05, 0) is 45.4 Å². The fourth-order valence-corrected chi connectivity index (χ4v) is 5.04. The van der Waals surface area contributed by atoms with Gasteiger partial charge in [0.1, 0.15) is 6.10 Å². The highest BCUT2D eigenvalue weighted by molar-refractivity contribution is 5.82. The molecule has 4 aliphatic rings. The number of rotatable bonds is 6. The fraction of sp³-hybridized carbons (Fsp3) is 0.800. The Kier molecular flexibility index (Phi) is 7.56. The van der Waals surface area contributed by atoms with Gasteiger partial charge >= 0.3 is 17.9 Å². The van der Waals surface area contributed by atoms with Crippen molar-refractivity contribution < 1.29 is 33.3 Å². The van der Waals surface area contributed by atoms with Gasteiger partial charge in [-0.3, -0.25) is 9.59 Å². The molecule has 7 atom stereocenters. The zero-order valence-corrected chi connectivity index (χ0v) is 20.1. The molecule has 0 amide bonds. The quantitative estimate of drug-likeness (QED) is 0.446. The van der Waals surface area contributed by atoms with E-state index < -0.39 is 17.5 Å². The summed E-state index contributed by atoms with van der Waals surface area (Å²) in [5.41, 5.74) is -0.525. The third-order valence-electron chi connectivity index (χ3n) is 7.79. The van der Waals surface area contributed by atoms with Crippen molar-refractivity contribution in [1.82, 2.24) is 0 Å². The standard InChI is InChI=1S/C15H22O3.C10H16O4/c1-4-8(2)15(16)18-13-6-10-5-11(13)12-7-17-9(3)14(10)12;1-4-10(2,3)9(12)14-7-5-6-13-8(7)11/h8,10-14H,3-7H2,1-2H3;7H,4-6H2,1-3H3. The van der Waals surface area contributed by atoms with E-state index in [1.165, 1.54) is 6.42 Å². The van der Waals surface area contributed by atoms with Crippen molar-refractivity contribution in [2.24, 2.45) is 35.0 Å². The summed E-state index contributed by atoms with van der Waals surface area (Å²) in [6, 6.07) is 0. The SMILES string of the molecule is C=C1OCC2C3CC(CC3OC(=O)C(C)CC)C12.CCC(C)(C)C(=O)OC1CCOC1=O. The second kappa shape index (κ2) is 9.84. The van der Waals surface area contributed by atoms with E-state index in [0.717, 1.165) is 25.2 Å². The van der Waals surface area contributed by atoms with Crippen LogP contribution in [0.2, 0.25) is 0 Å². The number of ether oxygens (including phenoxy) is 4. The highest BCUT2D eigenvalue weighted by Crippen LogP contribution is 2.58. The molecule has 0 N–H and O–H groups in total. The zero-order chi connectivity index (χ0) is 23.6. The molecule has 2 aliphatic carbocycles. The summed E-state index contributed by atoms with van der Waals surface area (Å²) in [5, 5.41) is 0. The Bertz CT molecular complexity index is 743. The van der Waals surface area contributed by atoms with Crippen LogP contribution in [0.15, 0.2) is 12.3 Å². The van der Waals surface area contributed by atoms with Gasteiger partial charge in [0.05, 0.1) is 30.3 Å². The molecule has 7 unspecified atom stereocenters. The molecule has 4 rings (SSSR count). The van der Waals surface area contributed by atoms with Crippen LogP contribution in [-0.4, -0.2) is 43.3 Å². The number of carbonyl (C=O) groups is 3. The lowest BCUT2D eigenvalue weighted by Crippen LogP contribution is -2.34. The van der Waals surface area contributed by atoms with Gasteiger partial charge in [-0.1, -0.05) is 27.4 Å². The van der Waals surface area contributed by atoms with Crippen LogP contribution in [0.4, 0.5) is 0 Å². The molecule has 0 aromatic carbocycles. The van der Waals surface area contributed by atoms with Crippen LogP contribution in [-0.2, 0) is 33.3 Å². The van der Waals surface area contributed by atoms with Crippen molar-refractivity contribution in [3.8, 4) is 0 Å². The second-order valence-corrected chi connectivity index (χ2v) is 10.2. The van der Waals surface area contributed by atoms with Crippen LogP contribution in [0.3, 0.4) is 0 Å². The molecule has 2 heterocycles. The third-order valence-corrected chi connectivity index (χ3v) is 7.79. The van der Waals surface area contributed by atoms with Crippen LogP contribution in [0.25, 0.3) is 0 Å². The first-order valence-corrected chi connectivity index (χ1v) is 12.0. The number of fused-ring (bicyclic) bond motifs is 5. The summed E-state index contributed by atoms with van der Waals surface area (Å²) in [4.78, 5) is 34.5. The largest absolute Gasteiger partial charge is 0.498 e. The van der Waals surface area contributed by atoms with Crippen molar-refractivity contribution in [1.29, 1.82) is 0 Å². The second-order valence-electron chi connectivity index (χ2n) is 10.2. The summed E-state index contributed by atoms with van der Waals surface area (Å²) in [5.74, 6) is 2.43. The van der Waals surface area contributed by atoms with Crippen molar-refractivity contribution >= 4 is 17.9 Å². The van der Waals surface area contributed by atoms with E-state index in [1.54, 1.807) is 13.8 Å². The minimum Gasteiger partial charge on any atom is -0.498 e. The van der Waals surface area contributed by atoms with Crippen molar-refractivity contribution in [2.45, 2.75) is 78.9 Å². The molecule has 0 spiro atoms. The monoisotopic (exact) mass is 450 g/mol. The first-order valence-electron chi connectivity index (χ1n) is 12.0. The molecule has 0 radical (unpaired) electrons. The third kappa shape index (κ3) is 4.96. The van der Waals surface area contributed by atoms with E-state index in [9.17, 15) is 14.4 Å². The van der Waals surface area contributed by atoms with Crippen LogP contribution in [0.1, 0.15) is 66.7 Å². The Labute approximate surface area is 191 Å². The molecule has 2 aliphatic heterocycles. The molecule has 32 heavy (non-hydrogen) atoms. The number of esters is 3. The van der Waals surface area contributed by atoms with Crippen molar-refractivity contribution in [3.63, 3.8) is 0 Å². The summed E-state index contributed by atoms with van der Waals surface area (Å²) < 4.78 is 21.1. The molecule has 2 saturated carbocycles. The van der Waals surface area contributed by atoms with E-state index >= 15 is 0 Å². The predicted molar refractivity (Wildman–Crippen MR) is 117 cm³/mol. The van der Waals surface area contributed by atoms with Crippen LogP contribution in [0, 0.1) is 35.0 Å². The van der Waals surface area contributed by atoms with Gasteiger partial charge in [0.2, 0.25) is 6.10 Å². The fourth-order valence-electron chi connectivity index (χ4n) is 5.04. The minimum absolute atomic E-state index is 0.0229. The molecule has 7 heteroatoms. The predicted octanol–water partition coefficient (Wildman–Crippen LogP) is 4.04. The maximum Gasteiger partial charge on any atom is 0.347 e. The first-order chi connectivity index (χ1) is 15.1. The van der Waals surface area contributed by atoms with Crippen LogP contribution >= 0.6 is 0 Å². The summed E-state index contributed by atoms with van der Waals surface area (Å²) in [7, 11) is 0. The Balaban J connectivity index is 0.000000188. The Morgan fingerprint density at radius 3 is 2.47 bits per heavy atom. The zero-order valence-electron chi connectivity index (χ0n) is 20.1. The molecule has 2 bridgehead atoms. The van der Waals surface area contributed by atoms with Gasteiger partial charge in [0, 0.05) is 24.2 Å². The number of allylic oxidation sites excluding steroid dienone is 1. The van der Waals surface area contributed by atoms with Gasteiger partial charge < -0.3 is 18.9 Å². The molecule has 7 nitrogen and oxygen atoms in total. The first kappa shape index (κ1) is 24.6. The van der Waals surface area contributed by atoms with Gasteiger partial charge in [0.25, 0.3) is 0 Å². The van der Waals surface area contributed by atoms with Gasteiger partial charge in [-0.15, -0.1) is 0 Å². The molecule has 0 aromatic rings. The van der Waals surface area contributed by atoms with E-state index in [4.69, 9.17) is 18.9 Å². The maximum absolute atomic E-state index is 11.9. The molecular weight excluding hydrogens is 412 g/mol. The number of cyclic esters (lactones) is 1. The number of hydrogen-bond donors (Lipinski definition) is 0. The average Bonchev–Trinajstić information content (AvgIpc) is 3.53. The minimum atomic E-state index is -0.687. The summed E-state index contributed by atoms with van der Waals surface area (Å²) in [6.45, 7) is 14.6. The molecule has 4 fully saturated rings. The Morgan fingerprint density at radius 1 is 1.16 bits per heavy atom. The van der Waals surface area contributed by atoms with E-state index in [2.05, 4.69) is 6.58 Å². The lowest BCUT2D eigenvalue weighted by molar-refractivity contribution is -0.167. The Hall–Kier alpha value is -2.05. The Morgan fingerprint density at radius 2 is 1.88 bits per heavy atom. The molecule has 2 saturated heterocycles. The van der Waals surface area contributed by atoms with Crippen molar-refractivity contribution in [3.05, 3.63) is 12.3 Å². The van der Waals surface area contributed by atoms with Gasteiger partial charge in [-0.2, -0.15) is 0 Å². The lowest BCUT2D eigenvalue weighted by Gasteiger charge is -2.30. The van der Waals surface area contributed by atoms with Crippen LogP contribution < -0.4 is 0 Å². The molecular formula is C25H38O7. The summed E-state index contributed by atoms with van der Waals surface area (Å²) >= 11 is 0. The van der Waals surface area contributed by atoms with E-state index in [1.807, 2.05) is 20.8 Å². The average molecular weight is 451 g/mol. The molecule has 0 aromatic heterocycles. The van der Waals surface area contributed by atoms with Crippen molar-refractivity contribution in [2.75, 3.05) is 13.2 Å². The van der Waals surface area contributed by atoms with E-state index in [0.29, 0.717) is 43.1 Å². The molecule has 180 valence electrons. The highest BCUT2D eigenvalue weighted by Gasteiger charge is 2.58. The summed E-state index contributed by atoms with van der Waals surface area (Å²) in [6.07, 6.45) is 3.66. The smallest absolute Gasteiger partial charge is 0.347 e. The lowest BCUT2D eigenvalue weighted by atomic mass is 9.79. The van der Waals surface area contributed by atoms with Crippen LogP contribution in [0.5, 0.6) is 0 Å². The van der Waals surface area contributed by atoms with Gasteiger partial charge in [0.15, 0.2) is 0 Å². The number of hydrogen-bond acceptors (Lipinski definition) is 7. The maximum atomic E-state index is 11.9. The topological polar surface area (TPSA) is 88.1 Å². The highest BCUT2D eigenvalue weighted by atomic mass is 16.6.